The average Bonchev–Trinajstić information content (AvgIpc) is 2.57. The van der Waals surface area contributed by atoms with E-state index in [2.05, 4.69) is 27.2 Å². The summed E-state index contributed by atoms with van der Waals surface area (Å²) in [5.41, 5.74) is 0.800. The van der Waals surface area contributed by atoms with Crippen LogP contribution >= 0.6 is 0 Å². The Bertz CT molecular complexity index is 332. The maximum Gasteiger partial charge on any atom is 0.183 e. The molecule has 0 bridgehead atoms. The van der Waals surface area contributed by atoms with E-state index in [0.717, 1.165) is 30.8 Å². The van der Waals surface area contributed by atoms with E-state index < -0.39 is 0 Å². The van der Waals surface area contributed by atoms with Gasteiger partial charge < -0.3 is 0 Å². The molecule has 0 saturated heterocycles. The highest BCUT2D eigenvalue weighted by Crippen LogP contribution is 2.27. The van der Waals surface area contributed by atoms with Gasteiger partial charge in [0.05, 0.1) is 6.20 Å². The molecule has 4 nitrogen and oxygen atoms in total. The molecule has 4 heteroatoms. The lowest BCUT2D eigenvalue weighted by molar-refractivity contribution is 0.824. The molecule has 1 radical (unpaired) electrons. The molecule has 2 rings (SSSR count). The van der Waals surface area contributed by atoms with Crippen molar-refractivity contribution >= 4 is 17.3 Å². The molecule has 0 saturated carbocycles. The van der Waals surface area contributed by atoms with Crippen LogP contribution in [0.25, 0.3) is 0 Å². The third-order valence-electron chi connectivity index (χ3n) is 1.91. The summed E-state index contributed by atoms with van der Waals surface area (Å²) in [5, 5.41) is 4.29. The van der Waals surface area contributed by atoms with Gasteiger partial charge in [0.15, 0.2) is 5.82 Å². The second kappa shape index (κ2) is 3.51. The summed E-state index contributed by atoms with van der Waals surface area (Å²) in [6, 6.07) is 0. The summed E-state index contributed by atoms with van der Waals surface area (Å²) in [5.74, 6) is 1.60. The Kier molecular flexibility index (Phi) is 2.21. The van der Waals surface area contributed by atoms with E-state index in [4.69, 9.17) is 0 Å². The van der Waals surface area contributed by atoms with Crippen molar-refractivity contribution < 1.29 is 0 Å². The Hall–Kier alpha value is -1.45. The number of rotatable bonds is 3. The maximum absolute atomic E-state index is 4.31. The maximum atomic E-state index is 4.31. The van der Waals surface area contributed by atoms with Crippen LogP contribution in [0.4, 0.5) is 11.5 Å². The first-order chi connectivity index (χ1) is 6.40. The predicted octanol–water partition coefficient (Wildman–Crippen LogP) is 1.95. The monoisotopic (exact) mass is 175 g/mol. The zero-order valence-electron chi connectivity index (χ0n) is 7.56. The Labute approximate surface area is 77.1 Å². The predicted molar refractivity (Wildman–Crippen MR) is 50.4 cm³/mol. The van der Waals surface area contributed by atoms with Crippen molar-refractivity contribution in [2.45, 2.75) is 26.2 Å². The quantitative estimate of drug-likeness (QED) is 0.705. The van der Waals surface area contributed by atoms with E-state index >= 15 is 0 Å². The van der Waals surface area contributed by atoms with Crippen molar-refractivity contribution in [2.24, 2.45) is 4.99 Å². The molecule has 0 spiro atoms. The van der Waals surface area contributed by atoms with Crippen LogP contribution in [0.5, 0.6) is 0 Å². The zero-order valence-corrected chi connectivity index (χ0v) is 7.56. The average molecular weight is 175 g/mol. The molecular formula is C9H11N4. The van der Waals surface area contributed by atoms with E-state index in [-0.39, 0.29) is 0 Å². The van der Waals surface area contributed by atoms with Crippen LogP contribution in [0.2, 0.25) is 0 Å². The lowest BCUT2D eigenvalue weighted by Crippen LogP contribution is -2.06. The zero-order chi connectivity index (χ0) is 9.10. The Balaban J connectivity index is 2.08. The Morgan fingerprint density at radius 2 is 2.31 bits per heavy atom. The number of hydrogen-bond acceptors (Lipinski definition) is 3. The van der Waals surface area contributed by atoms with Crippen molar-refractivity contribution in [2.75, 3.05) is 0 Å². The fraction of sp³-hybridized carbons (Fsp3) is 0.444. The molecule has 0 fully saturated rings. The Morgan fingerprint density at radius 3 is 3.08 bits per heavy atom. The fourth-order valence-electron chi connectivity index (χ4n) is 1.21. The summed E-state index contributed by atoms with van der Waals surface area (Å²) < 4.78 is 0. The van der Waals surface area contributed by atoms with E-state index in [1.54, 1.807) is 6.20 Å². The summed E-state index contributed by atoms with van der Waals surface area (Å²) in [7, 11) is 0. The number of unbranched alkanes of at least 4 members (excludes halogenated alkanes) is 1. The minimum atomic E-state index is 0.709. The highest BCUT2D eigenvalue weighted by atomic mass is 15.1. The van der Waals surface area contributed by atoms with Crippen molar-refractivity contribution in [3.63, 3.8) is 0 Å². The number of aliphatic imine (C=N–C) groups is 1. The lowest BCUT2D eigenvalue weighted by Gasteiger charge is -1.95. The molecule has 13 heavy (non-hydrogen) atoms. The summed E-state index contributed by atoms with van der Waals surface area (Å²) in [4.78, 5) is 12.2. The van der Waals surface area contributed by atoms with Gasteiger partial charge >= 0.3 is 0 Å². The molecule has 0 atom stereocenters. The first kappa shape index (κ1) is 8.16. The smallest absolute Gasteiger partial charge is 0.183 e. The molecule has 1 aliphatic heterocycles. The molecule has 67 valence electrons. The number of aromatic nitrogens is 2. The minimum Gasteiger partial charge on any atom is -0.242 e. The third kappa shape index (κ3) is 1.66. The molecule has 1 aromatic heterocycles. The molecule has 0 amide bonds. The van der Waals surface area contributed by atoms with Gasteiger partial charge in [0, 0.05) is 6.42 Å². The molecule has 0 unspecified atom stereocenters. The first-order valence-electron chi connectivity index (χ1n) is 4.49. The first-order valence-corrected chi connectivity index (χ1v) is 4.49. The van der Waals surface area contributed by atoms with E-state index in [1.807, 2.05) is 0 Å². The fourth-order valence-corrected chi connectivity index (χ4v) is 1.21. The highest BCUT2D eigenvalue weighted by molar-refractivity contribution is 5.94. The Morgan fingerprint density at radius 1 is 1.38 bits per heavy atom. The van der Waals surface area contributed by atoms with Crippen LogP contribution in [-0.2, 0) is 0 Å². The number of fused-ring (bicyclic) bond motifs is 1. The molecule has 0 aliphatic carbocycles. The van der Waals surface area contributed by atoms with Crippen LogP contribution in [0.3, 0.4) is 0 Å². The number of hydrogen-bond donors (Lipinski definition) is 0. The molecule has 0 aromatic carbocycles. The van der Waals surface area contributed by atoms with Crippen molar-refractivity contribution in [3.05, 3.63) is 12.5 Å². The molecular weight excluding hydrogens is 164 g/mol. The van der Waals surface area contributed by atoms with Crippen LogP contribution < -0.4 is 5.32 Å². The van der Waals surface area contributed by atoms with Gasteiger partial charge in [0.25, 0.3) is 0 Å². The van der Waals surface area contributed by atoms with Gasteiger partial charge in [-0.2, -0.15) is 0 Å². The van der Waals surface area contributed by atoms with Gasteiger partial charge in [-0.15, -0.1) is 0 Å². The molecule has 0 N–H and O–H groups in total. The van der Waals surface area contributed by atoms with Crippen LogP contribution in [0, 0.1) is 0 Å². The van der Waals surface area contributed by atoms with Gasteiger partial charge in [-0.3, -0.25) is 0 Å². The van der Waals surface area contributed by atoms with Gasteiger partial charge in [-0.1, -0.05) is 13.3 Å². The van der Waals surface area contributed by atoms with E-state index in [1.165, 1.54) is 6.33 Å². The standard InChI is InChI=1S/C9H11N4/c1-2-3-4-8-12-7-5-10-6-11-9(7)13-8/h5-6H,2-4H2,1H3. The number of nitrogens with zero attached hydrogens (tertiary/aromatic N) is 4. The van der Waals surface area contributed by atoms with Gasteiger partial charge in [0.1, 0.15) is 17.9 Å². The molecule has 2 heterocycles. The number of amidine groups is 1. The molecule has 1 aliphatic rings. The van der Waals surface area contributed by atoms with Crippen LogP contribution in [0.1, 0.15) is 26.2 Å². The largest absolute Gasteiger partial charge is 0.242 e. The second-order valence-corrected chi connectivity index (χ2v) is 2.97. The van der Waals surface area contributed by atoms with E-state index in [0.29, 0.717) is 5.82 Å². The van der Waals surface area contributed by atoms with Crippen molar-refractivity contribution in [1.82, 2.24) is 15.3 Å². The van der Waals surface area contributed by atoms with Crippen molar-refractivity contribution in [3.8, 4) is 0 Å². The van der Waals surface area contributed by atoms with Gasteiger partial charge in [-0.05, 0) is 6.42 Å². The van der Waals surface area contributed by atoms with Crippen LogP contribution in [-0.4, -0.2) is 15.8 Å². The highest BCUT2D eigenvalue weighted by Gasteiger charge is 2.15. The summed E-state index contributed by atoms with van der Waals surface area (Å²) in [6.07, 6.45) is 6.43. The van der Waals surface area contributed by atoms with Gasteiger partial charge in [0.2, 0.25) is 0 Å². The topological polar surface area (TPSA) is 52.2 Å². The molecule has 1 aromatic rings. The normalized spacial score (nSPS) is 13.5. The van der Waals surface area contributed by atoms with E-state index in [9.17, 15) is 0 Å². The van der Waals surface area contributed by atoms with Gasteiger partial charge in [-0.25, -0.2) is 20.3 Å². The second-order valence-electron chi connectivity index (χ2n) is 2.97. The third-order valence-corrected chi connectivity index (χ3v) is 1.91. The summed E-state index contributed by atoms with van der Waals surface area (Å²) >= 11 is 0. The van der Waals surface area contributed by atoms with Crippen LogP contribution in [0.15, 0.2) is 17.5 Å². The summed E-state index contributed by atoms with van der Waals surface area (Å²) in [6.45, 7) is 2.16. The van der Waals surface area contributed by atoms with Crippen molar-refractivity contribution in [1.29, 1.82) is 0 Å². The lowest BCUT2D eigenvalue weighted by atomic mass is 10.2. The SMILES string of the molecule is CCCCC1=Nc2cncnc2[N]1. The minimum absolute atomic E-state index is 0.709.